The van der Waals surface area contributed by atoms with Crippen LogP contribution in [-0.2, 0) is 20.7 Å². The second kappa shape index (κ2) is 12.1. The number of carbonyl (C=O) groups excluding carboxylic acids is 3. The predicted octanol–water partition coefficient (Wildman–Crippen LogP) is 2.79. The molecule has 0 bridgehead atoms. The molecule has 3 amide bonds. The summed E-state index contributed by atoms with van der Waals surface area (Å²) in [6.07, 6.45) is 2.92. The summed E-state index contributed by atoms with van der Waals surface area (Å²) >= 11 is 0. The largest absolute Gasteiger partial charge is 0.494 e. The van der Waals surface area contributed by atoms with Gasteiger partial charge in [-0.25, -0.2) is 4.79 Å². The zero-order valence-electron chi connectivity index (χ0n) is 20.7. The quantitative estimate of drug-likeness (QED) is 0.534. The van der Waals surface area contributed by atoms with Gasteiger partial charge >= 0.3 is 6.09 Å². The molecule has 2 aliphatic heterocycles. The number of nitrogens with zero attached hydrogens (tertiary/aromatic N) is 2. The highest BCUT2D eigenvalue weighted by atomic mass is 16.6. The first-order valence-electron chi connectivity index (χ1n) is 12.2. The molecule has 0 saturated carbocycles. The predicted molar refractivity (Wildman–Crippen MR) is 130 cm³/mol. The summed E-state index contributed by atoms with van der Waals surface area (Å²) in [4.78, 5) is 39.7. The summed E-state index contributed by atoms with van der Waals surface area (Å²) in [7, 11) is 0. The van der Waals surface area contributed by atoms with E-state index < -0.39 is 5.60 Å². The van der Waals surface area contributed by atoms with E-state index in [2.05, 4.69) is 15.5 Å². The molecule has 1 aromatic rings. The molecule has 1 aromatic carbocycles. The molecule has 34 heavy (non-hydrogen) atoms. The van der Waals surface area contributed by atoms with Crippen molar-refractivity contribution in [3.05, 3.63) is 23.8 Å². The molecule has 9 nitrogen and oxygen atoms in total. The van der Waals surface area contributed by atoms with Crippen LogP contribution in [0.2, 0.25) is 0 Å². The smallest absolute Gasteiger partial charge is 0.410 e. The van der Waals surface area contributed by atoms with Crippen molar-refractivity contribution in [1.82, 2.24) is 15.1 Å². The van der Waals surface area contributed by atoms with E-state index in [1.807, 2.05) is 39.0 Å². The van der Waals surface area contributed by atoms with E-state index in [0.29, 0.717) is 45.5 Å². The maximum absolute atomic E-state index is 12.1. The monoisotopic (exact) mass is 474 g/mol. The number of amides is 3. The first-order valence-corrected chi connectivity index (χ1v) is 12.2. The summed E-state index contributed by atoms with van der Waals surface area (Å²) in [5.41, 5.74) is 1.47. The summed E-state index contributed by atoms with van der Waals surface area (Å²) in [6.45, 7) is 10.6. The maximum atomic E-state index is 12.1. The molecular weight excluding hydrogens is 436 g/mol. The van der Waals surface area contributed by atoms with Gasteiger partial charge in [-0.05, 0) is 70.3 Å². The van der Waals surface area contributed by atoms with Crippen molar-refractivity contribution in [2.75, 3.05) is 51.2 Å². The lowest BCUT2D eigenvalue weighted by Gasteiger charge is -2.35. The molecular formula is C25H38N4O5. The highest BCUT2D eigenvalue weighted by molar-refractivity contribution is 5.94. The molecule has 9 heteroatoms. The number of piperazine rings is 1. The highest BCUT2D eigenvalue weighted by Gasteiger charge is 2.25. The van der Waals surface area contributed by atoms with Gasteiger partial charge in [0, 0.05) is 51.3 Å². The molecule has 0 atom stereocenters. The van der Waals surface area contributed by atoms with E-state index in [0.717, 1.165) is 49.5 Å². The van der Waals surface area contributed by atoms with Crippen molar-refractivity contribution < 1.29 is 23.9 Å². The number of anilines is 1. The Labute approximate surface area is 202 Å². The van der Waals surface area contributed by atoms with E-state index in [4.69, 9.17) is 9.47 Å². The summed E-state index contributed by atoms with van der Waals surface area (Å²) in [6, 6.07) is 5.67. The molecule has 2 heterocycles. The van der Waals surface area contributed by atoms with Crippen molar-refractivity contribution in [2.24, 2.45) is 0 Å². The summed E-state index contributed by atoms with van der Waals surface area (Å²) < 4.78 is 11.2. The molecule has 1 fully saturated rings. The van der Waals surface area contributed by atoms with Crippen LogP contribution in [0.1, 0.15) is 52.0 Å². The van der Waals surface area contributed by atoms with Gasteiger partial charge in [-0.3, -0.25) is 14.5 Å². The topological polar surface area (TPSA) is 100 Å². The van der Waals surface area contributed by atoms with Crippen LogP contribution in [0.3, 0.4) is 0 Å². The van der Waals surface area contributed by atoms with Crippen LogP contribution in [0.4, 0.5) is 10.5 Å². The molecule has 1 saturated heterocycles. The van der Waals surface area contributed by atoms with Gasteiger partial charge in [-0.15, -0.1) is 0 Å². The lowest BCUT2D eigenvalue weighted by atomic mass is 10.0. The molecule has 2 aliphatic rings. The van der Waals surface area contributed by atoms with Crippen LogP contribution in [0.25, 0.3) is 0 Å². The molecule has 0 aliphatic carbocycles. The number of aryl methyl sites for hydroxylation is 1. The third-order valence-corrected chi connectivity index (χ3v) is 5.79. The summed E-state index contributed by atoms with van der Waals surface area (Å²) in [5, 5.41) is 5.83. The molecule has 188 valence electrons. The van der Waals surface area contributed by atoms with Crippen LogP contribution < -0.4 is 15.4 Å². The number of hydrogen-bond acceptors (Lipinski definition) is 6. The van der Waals surface area contributed by atoms with Gasteiger partial charge in [0.25, 0.3) is 0 Å². The Bertz CT molecular complexity index is 859. The van der Waals surface area contributed by atoms with Crippen LogP contribution in [0, 0.1) is 0 Å². The van der Waals surface area contributed by atoms with E-state index in [9.17, 15) is 14.4 Å². The van der Waals surface area contributed by atoms with Gasteiger partial charge in [-0.1, -0.05) is 0 Å². The zero-order chi connectivity index (χ0) is 24.6. The number of fused-ring (bicyclic) bond motifs is 1. The van der Waals surface area contributed by atoms with Crippen molar-refractivity contribution in [1.29, 1.82) is 0 Å². The number of benzene rings is 1. The molecule has 3 rings (SSSR count). The number of carbonyl (C=O) groups is 3. The van der Waals surface area contributed by atoms with Gasteiger partial charge in [-0.2, -0.15) is 0 Å². The van der Waals surface area contributed by atoms with E-state index >= 15 is 0 Å². The van der Waals surface area contributed by atoms with Gasteiger partial charge in [0.1, 0.15) is 11.4 Å². The SMILES string of the molecule is CC(C)(C)OC(=O)N1CCN(CCCNC(=O)CCCOc2ccc3c(c2)CCC(=O)N3)CC1. The number of nitrogens with one attached hydrogen (secondary N) is 2. The maximum Gasteiger partial charge on any atom is 0.410 e. The van der Waals surface area contributed by atoms with Crippen molar-refractivity contribution in [3.8, 4) is 5.75 Å². The third kappa shape index (κ3) is 8.52. The Hall–Kier alpha value is -2.81. The van der Waals surface area contributed by atoms with Crippen LogP contribution >= 0.6 is 0 Å². The van der Waals surface area contributed by atoms with Gasteiger partial charge in [0.2, 0.25) is 11.8 Å². The fourth-order valence-corrected chi connectivity index (χ4v) is 3.97. The van der Waals surface area contributed by atoms with Crippen LogP contribution in [-0.4, -0.2) is 79.2 Å². The lowest BCUT2D eigenvalue weighted by Crippen LogP contribution is -2.50. The minimum atomic E-state index is -0.472. The molecule has 0 radical (unpaired) electrons. The van der Waals surface area contributed by atoms with Crippen molar-refractivity contribution in [2.45, 2.75) is 58.5 Å². The minimum Gasteiger partial charge on any atom is -0.494 e. The number of ether oxygens (including phenoxy) is 2. The van der Waals surface area contributed by atoms with Gasteiger partial charge < -0.3 is 25.0 Å². The standard InChI is InChI=1S/C25H38N4O5/c1-25(2,3)34-24(32)29-15-13-28(14-16-29)12-5-11-26-22(30)6-4-17-33-20-8-9-21-19(18-20)7-10-23(31)27-21/h8-9,18H,4-7,10-17H2,1-3H3,(H,26,30)(H,27,31). The van der Waals surface area contributed by atoms with Gasteiger partial charge in [0.05, 0.1) is 6.61 Å². The van der Waals surface area contributed by atoms with E-state index in [-0.39, 0.29) is 17.9 Å². The fraction of sp³-hybridized carbons (Fsp3) is 0.640. The number of hydrogen-bond donors (Lipinski definition) is 2. The van der Waals surface area contributed by atoms with Crippen LogP contribution in [0.15, 0.2) is 18.2 Å². The molecule has 0 unspecified atom stereocenters. The van der Waals surface area contributed by atoms with Gasteiger partial charge in [0.15, 0.2) is 0 Å². The third-order valence-electron chi connectivity index (χ3n) is 5.79. The zero-order valence-corrected chi connectivity index (χ0v) is 20.7. The van der Waals surface area contributed by atoms with E-state index in [1.54, 1.807) is 4.90 Å². The van der Waals surface area contributed by atoms with Crippen molar-refractivity contribution >= 4 is 23.6 Å². The molecule has 0 aromatic heterocycles. The lowest BCUT2D eigenvalue weighted by molar-refractivity contribution is -0.121. The normalized spacial score (nSPS) is 16.4. The Morgan fingerprint density at radius 3 is 2.59 bits per heavy atom. The Kier molecular flexibility index (Phi) is 9.15. The minimum absolute atomic E-state index is 0.0338. The molecule has 2 N–H and O–H groups in total. The summed E-state index contributed by atoms with van der Waals surface area (Å²) in [5.74, 6) is 0.849. The average Bonchev–Trinajstić information content (AvgIpc) is 2.79. The van der Waals surface area contributed by atoms with Crippen molar-refractivity contribution in [3.63, 3.8) is 0 Å². The second-order valence-electron chi connectivity index (χ2n) is 9.83. The van der Waals surface area contributed by atoms with E-state index in [1.165, 1.54) is 0 Å². The number of rotatable bonds is 9. The highest BCUT2D eigenvalue weighted by Crippen LogP contribution is 2.26. The Morgan fingerprint density at radius 1 is 1.09 bits per heavy atom. The Morgan fingerprint density at radius 2 is 1.85 bits per heavy atom. The first-order chi connectivity index (χ1) is 16.2. The fourth-order valence-electron chi connectivity index (χ4n) is 3.97. The average molecular weight is 475 g/mol. The first kappa shape index (κ1) is 25.8. The van der Waals surface area contributed by atoms with Crippen LogP contribution in [0.5, 0.6) is 5.75 Å². The Balaban J connectivity index is 1.22. The molecule has 0 spiro atoms. The second-order valence-corrected chi connectivity index (χ2v) is 9.83.